The lowest BCUT2D eigenvalue weighted by Gasteiger charge is -2.56. The van der Waals surface area contributed by atoms with Crippen molar-refractivity contribution in [3.63, 3.8) is 0 Å². The molecule has 3 N–H and O–H groups in total. The Morgan fingerprint density at radius 1 is 1.00 bits per heavy atom. The highest BCUT2D eigenvalue weighted by atomic mass is 16.5. The van der Waals surface area contributed by atoms with E-state index in [1.807, 2.05) is 0 Å². The van der Waals surface area contributed by atoms with Crippen molar-refractivity contribution in [2.24, 2.45) is 23.2 Å². The molecule has 4 rings (SSSR count). The molecule has 4 aliphatic carbocycles. The van der Waals surface area contributed by atoms with Crippen molar-refractivity contribution in [2.75, 3.05) is 6.54 Å². The summed E-state index contributed by atoms with van der Waals surface area (Å²) in [5.74, 6) is 0.755. The van der Waals surface area contributed by atoms with Gasteiger partial charge in [-0.25, -0.2) is 4.79 Å². The van der Waals surface area contributed by atoms with Crippen LogP contribution in [0.3, 0.4) is 0 Å². The van der Waals surface area contributed by atoms with Crippen LogP contribution in [0.1, 0.15) is 72.6 Å². The van der Waals surface area contributed by atoms with Crippen molar-refractivity contribution in [2.45, 2.75) is 84.3 Å². The number of esters is 1. The van der Waals surface area contributed by atoms with Crippen molar-refractivity contribution in [3.8, 4) is 0 Å². The lowest BCUT2D eigenvalue weighted by atomic mass is 9.49. The Hall–Kier alpha value is -2.12. The minimum atomic E-state index is -1.14. The number of hydrogen-bond donors (Lipinski definition) is 3. The first-order valence-corrected chi connectivity index (χ1v) is 11.0. The van der Waals surface area contributed by atoms with Gasteiger partial charge in [0.05, 0.1) is 0 Å². The van der Waals surface area contributed by atoms with E-state index in [2.05, 4.69) is 16.0 Å². The molecular formula is C22H35N3O5. The molecule has 0 aromatic heterocycles. The van der Waals surface area contributed by atoms with Crippen molar-refractivity contribution in [1.29, 1.82) is 0 Å². The standard InChI is InChI=1S/C22H35N3O5/c1-13(19(28)24-20(29)25-21(2,3)4)30-18(27)12-23-17(26)11-22-8-14-5-15(9-22)7-16(6-14)10-22/h13-16H,5-12H2,1-4H3,(H,23,26)(H2,24,25,28,29)/t13-,14?,15?,16?,22?/m0/s1. The van der Waals surface area contributed by atoms with Crippen LogP contribution >= 0.6 is 0 Å². The van der Waals surface area contributed by atoms with Gasteiger partial charge in [-0.3, -0.25) is 19.7 Å². The molecule has 8 heteroatoms. The second-order valence-corrected chi connectivity index (χ2v) is 10.7. The van der Waals surface area contributed by atoms with Crippen molar-refractivity contribution in [1.82, 2.24) is 16.0 Å². The third-order valence-corrected chi connectivity index (χ3v) is 6.53. The van der Waals surface area contributed by atoms with Crippen LogP contribution < -0.4 is 16.0 Å². The zero-order valence-corrected chi connectivity index (χ0v) is 18.5. The van der Waals surface area contributed by atoms with Gasteiger partial charge in [-0.2, -0.15) is 0 Å². The van der Waals surface area contributed by atoms with Crippen LogP contribution in [-0.4, -0.2) is 42.0 Å². The fourth-order valence-corrected chi connectivity index (χ4v) is 5.96. The predicted molar refractivity (Wildman–Crippen MR) is 110 cm³/mol. The Kier molecular flexibility index (Phi) is 6.43. The molecule has 0 aromatic carbocycles. The van der Waals surface area contributed by atoms with Gasteiger partial charge >= 0.3 is 12.0 Å². The molecule has 0 saturated heterocycles. The molecule has 1 atom stereocenters. The Bertz CT molecular complexity index is 677. The second kappa shape index (κ2) is 8.55. The Labute approximate surface area is 178 Å². The number of rotatable bonds is 6. The largest absolute Gasteiger partial charge is 0.451 e. The molecule has 4 saturated carbocycles. The van der Waals surface area contributed by atoms with Crippen LogP contribution in [0, 0.1) is 23.2 Å². The lowest BCUT2D eigenvalue weighted by Crippen LogP contribution is -2.51. The van der Waals surface area contributed by atoms with Crippen LogP contribution in [0.5, 0.6) is 0 Å². The van der Waals surface area contributed by atoms with E-state index in [4.69, 9.17) is 4.74 Å². The summed E-state index contributed by atoms with van der Waals surface area (Å²) in [6.07, 6.45) is 6.68. The molecule has 0 unspecified atom stereocenters. The highest BCUT2D eigenvalue weighted by Crippen LogP contribution is 2.61. The van der Waals surface area contributed by atoms with E-state index in [1.54, 1.807) is 20.8 Å². The van der Waals surface area contributed by atoms with Crippen LogP contribution in [-0.2, 0) is 19.1 Å². The number of urea groups is 1. The van der Waals surface area contributed by atoms with Gasteiger partial charge in [0.15, 0.2) is 6.10 Å². The molecule has 0 aliphatic heterocycles. The summed E-state index contributed by atoms with van der Waals surface area (Å²) < 4.78 is 5.04. The normalized spacial score (nSPS) is 30.3. The summed E-state index contributed by atoms with van der Waals surface area (Å²) >= 11 is 0. The Balaban J connectivity index is 1.38. The van der Waals surface area contributed by atoms with Gasteiger partial charge in [0.25, 0.3) is 5.91 Å². The number of ether oxygens (including phenoxy) is 1. The highest BCUT2D eigenvalue weighted by Gasteiger charge is 2.51. The summed E-state index contributed by atoms with van der Waals surface area (Å²) in [5.41, 5.74) is -0.387. The van der Waals surface area contributed by atoms with E-state index in [1.165, 1.54) is 26.2 Å². The first-order chi connectivity index (χ1) is 13.9. The van der Waals surface area contributed by atoms with Crippen LogP contribution in [0.25, 0.3) is 0 Å². The predicted octanol–water partition coefficient (Wildman–Crippen LogP) is 2.27. The van der Waals surface area contributed by atoms with E-state index in [9.17, 15) is 19.2 Å². The van der Waals surface area contributed by atoms with Gasteiger partial charge in [-0.1, -0.05) is 0 Å². The average molecular weight is 422 g/mol. The van der Waals surface area contributed by atoms with Crippen LogP contribution in [0.2, 0.25) is 0 Å². The molecule has 4 amide bonds. The molecule has 0 spiro atoms. The first kappa shape index (κ1) is 22.6. The number of carbonyl (C=O) groups is 4. The van der Waals surface area contributed by atoms with Gasteiger partial charge in [-0.15, -0.1) is 0 Å². The molecule has 0 aromatic rings. The van der Waals surface area contributed by atoms with E-state index in [0.29, 0.717) is 6.42 Å². The van der Waals surface area contributed by atoms with Gasteiger partial charge in [0, 0.05) is 12.0 Å². The maximum absolute atomic E-state index is 12.5. The van der Waals surface area contributed by atoms with Gasteiger partial charge < -0.3 is 15.4 Å². The number of imide groups is 1. The summed E-state index contributed by atoms with van der Waals surface area (Å²) in [5, 5.41) is 7.38. The van der Waals surface area contributed by atoms with E-state index >= 15 is 0 Å². The lowest BCUT2D eigenvalue weighted by molar-refractivity contribution is -0.154. The average Bonchev–Trinajstić information content (AvgIpc) is 2.56. The number of amides is 4. The SMILES string of the molecule is C[C@H](OC(=O)CNC(=O)CC12CC3CC(CC(C3)C1)C2)C(=O)NC(=O)NC(C)(C)C. The third kappa shape index (κ3) is 5.95. The number of nitrogens with one attached hydrogen (secondary N) is 3. The molecule has 4 aliphatic rings. The minimum absolute atomic E-state index is 0.107. The summed E-state index contributed by atoms with van der Waals surface area (Å²) in [6.45, 7) is 6.46. The molecule has 8 nitrogen and oxygen atoms in total. The summed E-state index contributed by atoms with van der Waals surface area (Å²) in [6, 6.07) is -0.653. The third-order valence-electron chi connectivity index (χ3n) is 6.53. The van der Waals surface area contributed by atoms with Crippen molar-refractivity contribution < 1.29 is 23.9 Å². The second-order valence-electron chi connectivity index (χ2n) is 10.7. The zero-order valence-electron chi connectivity index (χ0n) is 18.5. The molecule has 0 radical (unpaired) electrons. The minimum Gasteiger partial charge on any atom is -0.451 e. The summed E-state index contributed by atoms with van der Waals surface area (Å²) in [4.78, 5) is 48.2. The molecule has 4 fully saturated rings. The monoisotopic (exact) mass is 421 g/mol. The Morgan fingerprint density at radius 3 is 2.03 bits per heavy atom. The molecule has 30 heavy (non-hydrogen) atoms. The fraction of sp³-hybridized carbons (Fsp3) is 0.818. The first-order valence-electron chi connectivity index (χ1n) is 11.0. The Morgan fingerprint density at radius 2 is 1.53 bits per heavy atom. The zero-order chi connectivity index (χ0) is 22.1. The van der Waals surface area contributed by atoms with Gasteiger partial charge in [0.2, 0.25) is 5.91 Å². The van der Waals surface area contributed by atoms with Crippen LogP contribution in [0.15, 0.2) is 0 Å². The van der Waals surface area contributed by atoms with Crippen molar-refractivity contribution in [3.05, 3.63) is 0 Å². The number of hydrogen-bond acceptors (Lipinski definition) is 5. The van der Waals surface area contributed by atoms with Gasteiger partial charge in [-0.05, 0) is 89.4 Å². The van der Waals surface area contributed by atoms with Crippen LogP contribution in [0.4, 0.5) is 4.79 Å². The highest BCUT2D eigenvalue weighted by molar-refractivity contribution is 5.97. The molecule has 168 valence electrons. The van der Waals surface area contributed by atoms with Crippen molar-refractivity contribution >= 4 is 23.8 Å². The van der Waals surface area contributed by atoms with E-state index in [-0.39, 0.29) is 17.9 Å². The molecular weight excluding hydrogens is 386 g/mol. The molecule has 4 bridgehead atoms. The van der Waals surface area contributed by atoms with Gasteiger partial charge in [0.1, 0.15) is 6.54 Å². The van der Waals surface area contributed by atoms with E-state index < -0.39 is 29.6 Å². The summed E-state index contributed by atoms with van der Waals surface area (Å²) in [7, 11) is 0. The smallest absolute Gasteiger partial charge is 0.326 e. The maximum Gasteiger partial charge on any atom is 0.326 e. The maximum atomic E-state index is 12.5. The number of carbonyl (C=O) groups excluding carboxylic acids is 4. The molecule has 0 heterocycles. The topological polar surface area (TPSA) is 114 Å². The quantitative estimate of drug-likeness (QED) is 0.569. The fourth-order valence-electron chi connectivity index (χ4n) is 5.96. The van der Waals surface area contributed by atoms with E-state index in [0.717, 1.165) is 37.0 Å².